The second kappa shape index (κ2) is 7.58. The van der Waals surface area contributed by atoms with E-state index in [1.165, 1.54) is 0 Å². The van der Waals surface area contributed by atoms with Gasteiger partial charge in [-0.1, -0.05) is 6.07 Å². The topological polar surface area (TPSA) is 59.0 Å². The van der Waals surface area contributed by atoms with Crippen LogP contribution >= 0.6 is 11.3 Å². The van der Waals surface area contributed by atoms with Gasteiger partial charge < -0.3 is 15.2 Å². The molecular weight excluding hydrogens is 260 g/mol. The van der Waals surface area contributed by atoms with Gasteiger partial charge in [-0.05, 0) is 24.3 Å². The Morgan fingerprint density at radius 3 is 3.05 bits per heavy atom. The minimum absolute atomic E-state index is 0.101. The summed E-state index contributed by atoms with van der Waals surface area (Å²) < 4.78 is 2.04. The molecule has 0 unspecified atom stereocenters. The summed E-state index contributed by atoms with van der Waals surface area (Å²) in [6.45, 7) is 2.24. The van der Waals surface area contributed by atoms with Gasteiger partial charge in [-0.25, -0.2) is 9.78 Å². The van der Waals surface area contributed by atoms with E-state index in [1.54, 1.807) is 23.9 Å². The fraction of sp³-hybridized carbons (Fsp3) is 0.385. The molecule has 0 radical (unpaired) electrons. The van der Waals surface area contributed by atoms with E-state index < -0.39 is 0 Å². The first-order chi connectivity index (χ1) is 9.34. The summed E-state index contributed by atoms with van der Waals surface area (Å²) in [5, 5.41) is 7.69. The van der Waals surface area contributed by atoms with Crippen molar-refractivity contribution in [2.45, 2.75) is 25.9 Å². The highest BCUT2D eigenvalue weighted by molar-refractivity contribution is 7.09. The summed E-state index contributed by atoms with van der Waals surface area (Å²) >= 11 is 1.64. The zero-order valence-electron chi connectivity index (χ0n) is 10.7. The van der Waals surface area contributed by atoms with Crippen molar-refractivity contribution in [1.82, 2.24) is 20.2 Å². The molecule has 2 amide bonds. The van der Waals surface area contributed by atoms with Crippen molar-refractivity contribution in [3.63, 3.8) is 0 Å². The number of amides is 2. The van der Waals surface area contributed by atoms with E-state index in [9.17, 15) is 4.79 Å². The van der Waals surface area contributed by atoms with Crippen molar-refractivity contribution >= 4 is 17.4 Å². The van der Waals surface area contributed by atoms with E-state index in [0.717, 1.165) is 24.3 Å². The van der Waals surface area contributed by atoms with Gasteiger partial charge in [0.1, 0.15) is 0 Å². The molecule has 0 spiro atoms. The summed E-state index contributed by atoms with van der Waals surface area (Å²) in [5.74, 6) is 0. The third kappa shape index (κ3) is 5.13. The first-order valence-electron chi connectivity index (χ1n) is 6.34. The van der Waals surface area contributed by atoms with Crippen LogP contribution in [0.15, 0.2) is 36.2 Å². The smallest absolute Gasteiger partial charge is 0.315 e. The monoisotopic (exact) mass is 278 g/mol. The lowest BCUT2D eigenvalue weighted by Gasteiger charge is -2.07. The van der Waals surface area contributed by atoms with Crippen molar-refractivity contribution in [1.29, 1.82) is 0 Å². The number of unbranched alkanes of at least 4 members (excludes halogenated alkanes) is 1. The van der Waals surface area contributed by atoms with Gasteiger partial charge in [-0.15, -0.1) is 11.3 Å². The van der Waals surface area contributed by atoms with Crippen LogP contribution in [0.2, 0.25) is 0 Å². The molecule has 0 saturated carbocycles. The van der Waals surface area contributed by atoms with Gasteiger partial charge >= 0.3 is 6.03 Å². The van der Waals surface area contributed by atoms with E-state index in [4.69, 9.17) is 0 Å². The van der Waals surface area contributed by atoms with Gasteiger partial charge in [0.25, 0.3) is 0 Å². The first kappa shape index (κ1) is 13.6. The third-order valence-corrected chi connectivity index (χ3v) is 3.57. The number of urea groups is 1. The molecule has 0 saturated heterocycles. The lowest BCUT2D eigenvalue weighted by molar-refractivity contribution is 0.240. The second-order valence-electron chi connectivity index (χ2n) is 4.20. The standard InChI is InChI=1S/C13H18N4OS/c18-13(16-10-12-4-3-9-19-12)15-5-1-2-7-17-8-6-14-11-17/h3-4,6,8-9,11H,1-2,5,7,10H2,(H2,15,16,18). The van der Waals surface area contributed by atoms with Gasteiger partial charge in [0.05, 0.1) is 12.9 Å². The molecular formula is C13H18N4OS. The summed E-state index contributed by atoms with van der Waals surface area (Å²) in [4.78, 5) is 16.6. The van der Waals surface area contributed by atoms with Crippen LogP contribution in [0.3, 0.4) is 0 Å². The lowest BCUT2D eigenvalue weighted by Crippen LogP contribution is -2.35. The van der Waals surface area contributed by atoms with Crippen LogP contribution in [0, 0.1) is 0 Å². The van der Waals surface area contributed by atoms with Crippen LogP contribution in [-0.4, -0.2) is 22.1 Å². The minimum Gasteiger partial charge on any atom is -0.338 e. The Kier molecular flexibility index (Phi) is 5.43. The average Bonchev–Trinajstić information content (AvgIpc) is 3.09. The molecule has 0 fully saturated rings. The summed E-state index contributed by atoms with van der Waals surface area (Å²) in [6.07, 6.45) is 7.52. The molecule has 0 atom stereocenters. The zero-order valence-corrected chi connectivity index (χ0v) is 11.5. The van der Waals surface area contributed by atoms with E-state index in [2.05, 4.69) is 15.6 Å². The quantitative estimate of drug-likeness (QED) is 0.763. The van der Waals surface area contributed by atoms with Crippen LogP contribution in [0.1, 0.15) is 17.7 Å². The molecule has 2 aromatic rings. The van der Waals surface area contributed by atoms with Crippen LogP contribution in [-0.2, 0) is 13.1 Å². The average molecular weight is 278 g/mol. The predicted molar refractivity (Wildman–Crippen MR) is 76.0 cm³/mol. The van der Waals surface area contributed by atoms with Gasteiger partial charge in [-0.3, -0.25) is 0 Å². The number of carbonyl (C=O) groups excluding carboxylic acids is 1. The maximum absolute atomic E-state index is 11.5. The first-order valence-corrected chi connectivity index (χ1v) is 7.22. The summed E-state index contributed by atoms with van der Waals surface area (Å²) in [7, 11) is 0. The van der Waals surface area contributed by atoms with Gasteiger partial charge in [0, 0.05) is 30.4 Å². The Labute approximate surface area is 116 Å². The Bertz CT molecular complexity index is 467. The highest BCUT2D eigenvalue weighted by atomic mass is 32.1. The van der Waals surface area contributed by atoms with Crippen LogP contribution in [0.25, 0.3) is 0 Å². The van der Waals surface area contributed by atoms with Crippen molar-refractivity contribution in [2.24, 2.45) is 0 Å². The maximum atomic E-state index is 11.5. The van der Waals surface area contributed by atoms with E-state index in [0.29, 0.717) is 13.1 Å². The highest BCUT2D eigenvalue weighted by Gasteiger charge is 2.00. The molecule has 0 aliphatic rings. The molecule has 19 heavy (non-hydrogen) atoms. The normalized spacial score (nSPS) is 10.3. The molecule has 0 bridgehead atoms. The predicted octanol–water partition coefficient (Wildman–Crippen LogP) is 2.22. The van der Waals surface area contributed by atoms with Crippen LogP contribution in [0.5, 0.6) is 0 Å². The van der Waals surface area contributed by atoms with Crippen molar-refractivity contribution in [3.05, 3.63) is 41.1 Å². The number of nitrogens with one attached hydrogen (secondary N) is 2. The zero-order chi connectivity index (χ0) is 13.3. The Morgan fingerprint density at radius 2 is 2.32 bits per heavy atom. The fourth-order valence-electron chi connectivity index (χ4n) is 1.68. The van der Waals surface area contributed by atoms with E-state index in [1.807, 2.05) is 28.3 Å². The third-order valence-electron chi connectivity index (χ3n) is 2.69. The number of rotatable bonds is 7. The number of hydrogen-bond acceptors (Lipinski definition) is 3. The van der Waals surface area contributed by atoms with Gasteiger partial charge in [0.2, 0.25) is 0 Å². The number of aromatic nitrogens is 2. The Hall–Kier alpha value is -1.82. The summed E-state index contributed by atoms with van der Waals surface area (Å²) in [5.41, 5.74) is 0. The number of hydrogen-bond donors (Lipinski definition) is 2. The van der Waals surface area contributed by atoms with Crippen LogP contribution in [0.4, 0.5) is 4.79 Å². The molecule has 6 heteroatoms. The molecule has 2 heterocycles. The van der Waals surface area contributed by atoms with Crippen LogP contribution < -0.4 is 10.6 Å². The highest BCUT2D eigenvalue weighted by Crippen LogP contribution is 2.06. The number of imidazole rings is 1. The number of thiophene rings is 1. The fourth-order valence-corrected chi connectivity index (χ4v) is 2.33. The second-order valence-corrected chi connectivity index (χ2v) is 5.23. The molecule has 2 aromatic heterocycles. The SMILES string of the molecule is O=C(NCCCCn1ccnc1)NCc1cccs1. The van der Waals surface area contributed by atoms with Crippen molar-refractivity contribution in [2.75, 3.05) is 6.54 Å². The largest absolute Gasteiger partial charge is 0.338 e. The maximum Gasteiger partial charge on any atom is 0.315 e. The Balaban J connectivity index is 1.49. The molecule has 102 valence electrons. The molecule has 0 aromatic carbocycles. The van der Waals surface area contributed by atoms with E-state index in [-0.39, 0.29) is 6.03 Å². The number of aryl methyl sites for hydroxylation is 1. The van der Waals surface area contributed by atoms with Crippen molar-refractivity contribution in [3.8, 4) is 0 Å². The molecule has 2 N–H and O–H groups in total. The number of carbonyl (C=O) groups is 1. The Morgan fingerprint density at radius 1 is 1.37 bits per heavy atom. The minimum atomic E-state index is -0.101. The van der Waals surface area contributed by atoms with Gasteiger partial charge in [0.15, 0.2) is 0 Å². The summed E-state index contributed by atoms with van der Waals surface area (Å²) in [6, 6.07) is 3.89. The van der Waals surface area contributed by atoms with Crippen molar-refractivity contribution < 1.29 is 4.79 Å². The lowest BCUT2D eigenvalue weighted by atomic mass is 10.3. The molecule has 0 aliphatic heterocycles. The molecule has 0 aliphatic carbocycles. The molecule has 5 nitrogen and oxygen atoms in total. The number of nitrogens with zero attached hydrogens (tertiary/aromatic N) is 2. The van der Waals surface area contributed by atoms with Gasteiger partial charge in [-0.2, -0.15) is 0 Å². The van der Waals surface area contributed by atoms with E-state index >= 15 is 0 Å². The molecule has 2 rings (SSSR count).